The predicted octanol–water partition coefficient (Wildman–Crippen LogP) is 2.93. The van der Waals surface area contributed by atoms with Crippen molar-refractivity contribution in [1.29, 1.82) is 0 Å². The lowest BCUT2D eigenvalue weighted by molar-refractivity contribution is 0.0116. The molecule has 18 heavy (non-hydrogen) atoms. The Hall–Kier alpha value is -0.830. The molecule has 0 saturated heterocycles. The fourth-order valence-corrected chi connectivity index (χ4v) is 3.55. The molecule has 2 rings (SSSR count). The van der Waals surface area contributed by atoms with Gasteiger partial charge in [0.25, 0.3) is 0 Å². The molecule has 1 aromatic heterocycles. The summed E-state index contributed by atoms with van der Waals surface area (Å²) in [5.74, 6) is 1.65. The van der Waals surface area contributed by atoms with E-state index >= 15 is 0 Å². The van der Waals surface area contributed by atoms with E-state index in [1.807, 2.05) is 24.0 Å². The highest BCUT2D eigenvalue weighted by atomic mass is 16.3. The first-order chi connectivity index (χ1) is 8.53. The molecule has 0 radical (unpaired) electrons. The van der Waals surface area contributed by atoms with Crippen LogP contribution in [-0.2, 0) is 13.5 Å². The largest absolute Gasteiger partial charge is 0.392 e. The van der Waals surface area contributed by atoms with E-state index < -0.39 is 0 Å². The predicted molar refractivity (Wildman–Crippen MR) is 73.3 cm³/mol. The quantitative estimate of drug-likeness (QED) is 0.872. The first-order valence-electron chi connectivity index (χ1n) is 7.18. The number of rotatable bonds is 5. The van der Waals surface area contributed by atoms with Crippen LogP contribution in [0.3, 0.4) is 0 Å². The minimum atomic E-state index is -0.247. The van der Waals surface area contributed by atoms with Crippen molar-refractivity contribution in [3.63, 3.8) is 0 Å². The van der Waals surface area contributed by atoms with Crippen molar-refractivity contribution in [2.75, 3.05) is 0 Å². The lowest BCUT2D eigenvalue weighted by Gasteiger charge is -2.36. The van der Waals surface area contributed by atoms with E-state index in [1.54, 1.807) is 0 Å². The van der Waals surface area contributed by atoms with Crippen molar-refractivity contribution in [2.24, 2.45) is 18.4 Å². The van der Waals surface area contributed by atoms with Gasteiger partial charge in [0.1, 0.15) is 5.82 Å². The summed E-state index contributed by atoms with van der Waals surface area (Å²) in [4.78, 5) is 4.34. The van der Waals surface area contributed by atoms with Crippen LogP contribution in [0.15, 0.2) is 12.4 Å². The van der Waals surface area contributed by atoms with E-state index in [-0.39, 0.29) is 11.5 Å². The van der Waals surface area contributed by atoms with Crippen LogP contribution in [0.2, 0.25) is 0 Å². The number of imidazole rings is 1. The number of aliphatic hydroxyl groups is 1. The SMILES string of the molecule is CC(C)CC1(C(O)Cc2nccn2C)CCCC1. The van der Waals surface area contributed by atoms with Crippen LogP contribution in [0, 0.1) is 11.3 Å². The molecule has 1 atom stereocenters. The molecule has 0 aromatic carbocycles. The van der Waals surface area contributed by atoms with Gasteiger partial charge in [0.15, 0.2) is 0 Å². The summed E-state index contributed by atoms with van der Waals surface area (Å²) >= 11 is 0. The van der Waals surface area contributed by atoms with Crippen LogP contribution in [-0.4, -0.2) is 20.8 Å². The van der Waals surface area contributed by atoms with Crippen molar-refractivity contribution >= 4 is 0 Å². The molecule has 0 aliphatic heterocycles. The second-order valence-electron chi connectivity index (χ2n) is 6.34. The fourth-order valence-electron chi connectivity index (χ4n) is 3.55. The number of nitrogens with zero attached hydrogens (tertiary/aromatic N) is 2. The van der Waals surface area contributed by atoms with Gasteiger partial charge in [0.05, 0.1) is 6.10 Å². The maximum absolute atomic E-state index is 10.7. The van der Waals surface area contributed by atoms with E-state index in [0.29, 0.717) is 12.3 Å². The highest BCUT2D eigenvalue weighted by molar-refractivity contribution is 4.99. The van der Waals surface area contributed by atoms with Crippen LogP contribution >= 0.6 is 0 Å². The third kappa shape index (κ3) is 2.77. The van der Waals surface area contributed by atoms with Crippen molar-refractivity contribution in [3.05, 3.63) is 18.2 Å². The maximum atomic E-state index is 10.7. The summed E-state index contributed by atoms with van der Waals surface area (Å²) in [7, 11) is 2.00. The van der Waals surface area contributed by atoms with Crippen molar-refractivity contribution < 1.29 is 5.11 Å². The van der Waals surface area contributed by atoms with E-state index in [4.69, 9.17) is 0 Å². The molecular weight excluding hydrogens is 224 g/mol. The summed E-state index contributed by atoms with van der Waals surface area (Å²) in [5.41, 5.74) is 0.139. The molecule has 1 aliphatic rings. The third-order valence-electron chi connectivity index (χ3n) is 4.42. The average Bonchev–Trinajstić information content (AvgIpc) is 2.89. The van der Waals surface area contributed by atoms with Gasteiger partial charge in [-0.15, -0.1) is 0 Å². The summed E-state index contributed by atoms with van der Waals surface area (Å²) in [5, 5.41) is 10.7. The molecule has 0 spiro atoms. The molecule has 0 amide bonds. The van der Waals surface area contributed by atoms with E-state index in [2.05, 4.69) is 18.8 Å². The molecule has 1 unspecified atom stereocenters. The van der Waals surface area contributed by atoms with E-state index in [9.17, 15) is 5.11 Å². The molecule has 1 aromatic rings. The van der Waals surface area contributed by atoms with Crippen molar-refractivity contribution in [1.82, 2.24) is 9.55 Å². The first-order valence-corrected chi connectivity index (χ1v) is 7.18. The highest BCUT2D eigenvalue weighted by Gasteiger charge is 2.41. The Morgan fingerprint density at radius 1 is 1.39 bits per heavy atom. The Bertz CT molecular complexity index is 378. The van der Waals surface area contributed by atoms with Crippen LogP contribution in [0.25, 0.3) is 0 Å². The Morgan fingerprint density at radius 2 is 2.06 bits per heavy atom. The van der Waals surface area contributed by atoms with E-state index in [0.717, 1.165) is 12.2 Å². The Morgan fingerprint density at radius 3 is 2.56 bits per heavy atom. The zero-order valence-corrected chi connectivity index (χ0v) is 11.9. The Balaban J connectivity index is 2.09. The number of aryl methyl sites for hydroxylation is 1. The molecule has 102 valence electrons. The maximum Gasteiger partial charge on any atom is 0.110 e. The Kier molecular flexibility index (Phi) is 4.10. The molecular formula is C15H26N2O. The topological polar surface area (TPSA) is 38.1 Å². The zero-order valence-electron chi connectivity index (χ0n) is 11.9. The molecule has 1 aliphatic carbocycles. The van der Waals surface area contributed by atoms with Gasteiger partial charge in [-0.05, 0) is 30.6 Å². The number of hydrogen-bond acceptors (Lipinski definition) is 2. The monoisotopic (exact) mass is 250 g/mol. The number of hydrogen-bond donors (Lipinski definition) is 1. The number of aliphatic hydroxyl groups excluding tert-OH is 1. The van der Waals surface area contributed by atoms with Gasteiger partial charge in [-0.2, -0.15) is 0 Å². The average molecular weight is 250 g/mol. The summed E-state index contributed by atoms with van der Waals surface area (Å²) in [6.45, 7) is 4.51. The molecule has 1 N–H and O–H groups in total. The van der Waals surface area contributed by atoms with Crippen LogP contribution in [0.4, 0.5) is 0 Å². The fraction of sp³-hybridized carbons (Fsp3) is 0.800. The molecule has 3 heteroatoms. The lowest BCUT2D eigenvalue weighted by atomic mass is 9.73. The lowest BCUT2D eigenvalue weighted by Crippen LogP contribution is -2.36. The van der Waals surface area contributed by atoms with Gasteiger partial charge in [-0.1, -0.05) is 26.7 Å². The smallest absolute Gasteiger partial charge is 0.110 e. The normalized spacial score (nSPS) is 20.5. The molecule has 3 nitrogen and oxygen atoms in total. The molecule has 1 heterocycles. The van der Waals surface area contributed by atoms with Gasteiger partial charge in [-0.3, -0.25) is 0 Å². The molecule has 0 bridgehead atoms. The summed E-state index contributed by atoms with van der Waals surface area (Å²) in [6.07, 6.45) is 10.2. The Labute approximate surface area is 110 Å². The molecule has 1 saturated carbocycles. The van der Waals surface area contributed by atoms with Gasteiger partial charge >= 0.3 is 0 Å². The van der Waals surface area contributed by atoms with Gasteiger partial charge in [0, 0.05) is 25.9 Å². The van der Waals surface area contributed by atoms with Gasteiger partial charge in [0.2, 0.25) is 0 Å². The second-order valence-corrected chi connectivity index (χ2v) is 6.34. The van der Waals surface area contributed by atoms with Gasteiger partial charge in [-0.25, -0.2) is 4.98 Å². The third-order valence-corrected chi connectivity index (χ3v) is 4.42. The standard InChI is InChI=1S/C15H26N2O/c1-12(2)11-15(6-4-5-7-15)13(18)10-14-16-8-9-17(14)3/h8-9,12-13,18H,4-7,10-11H2,1-3H3. The summed E-state index contributed by atoms with van der Waals surface area (Å²) < 4.78 is 2.02. The minimum Gasteiger partial charge on any atom is -0.392 e. The number of aromatic nitrogens is 2. The summed E-state index contributed by atoms with van der Waals surface area (Å²) in [6, 6.07) is 0. The molecule has 1 fully saturated rings. The first kappa shape index (κ1) is 13.6. The van der Waals surface area contributed by atoms with Crippen LogP contribution in [0.1, 0.15) is 51.8 Å². The van der Waals surface area contributed by atoms with Crippen molar-refractivity contribution in [3.8, 4) is 0 Å². The minimum absolute atomic E-state index is 0.139. The second kappa shape index (κ2) is 5.43. The van der Waals surface area contributed by atoms with E-state index in [1.165, 1.54) is 25.7 Å². The van der Waals surface area contributed by atoms with Gasteiger partial charge < -0.3 is 9.67 Å². The van der Waals surface area contributed by atoms with Crippen molar-refractivity contribution in [2.45, 2.75) is 58.5 Å². The zero-order chi connectivity index (χ0) is 13.2. The van der Waals surface area contributed by atoms with Crippen LogP contribution in [0.5, 0.6) is 0 Å². The highest BCUT2D eigenvalue weighted by Crippen LogP contribution is 2.46. The van der Waals surface area contributed by atoms with Crippen LogP contribution < -0.4 is 0 Å².